The molecular weight excluding hydrogens is 481 g/mol. The molecule has 3 aromatic rings. The van der Waals surface area contributed by atoms with Gasteiger partial charge in [-0.2, -0.15) is 26.6 Å². The third kappa shape index (κ3) is 5.81. The Kier molecular flexibility index (Phi) is 7.01. The first-order valence-electron chi connectivity index (χ1n) is 9.59. The fraction of sp³-hybridized carbons (Fsp3) is 0.286. The van der Waals surface area contributed by atoms with E-state index in [1.807, 2.05) is 0 Å². The number of hydrogen-bond donors (Lipinski definition) is 1. The monoisotopic (exact) mass is 502 g/mol. The maximum Gasteiger partial charge on any atom is 0.534 e. The fourth-order valence-corrected chi connectivity index (χ4v) is 3.85. The van der Waals surface area contributed by atoms with Crippen molar-refractivity contribution in [3.63, 3.8) is 0 Å². The lowest BCUT2D eigenvalue weighted by molar-refractivity contribution is -0.0501. The van der Waals surface area contributed by atoms with Crippen LogP contribution in [-0.2, 0) is 21.1 Å². The van der Waals surface area contributed by atoms with E-state index < -0.39 is 43.3 Å². The van der Waals surface area contributed by atoms with E-state index >= 15 is 0 Å². The molecule has 2 aromatic carbocycles. The van der Waals surface area contributed by atoms with Gasteiger partial charge in [0.25, 0.3) is 5.88 Å². The Bertz CT molecular complexity index is 1220. The summed E-state index contributed by atoms with van der Waals surface area (Å²) in [5, 5.41) is 0. The molecule has 1 N–H and O–H groups in total. The van der Waals surface area contributed by atoms with Gasteiger partial charge < -0.3 is 8.60 Å². The second kappa shape index (κ2) is 9.27. The van der Waals surface area contributed by atoms with Crippen LogP contribution in [0.4, 0.5) is 13.2 Å². The predicted molar refractivity (Wildman–Crippen MR) is 117 cm³/mol. The van der Waals surface area contributed by atoms with Crippen molar-refractivity contribution in [2.75, 3.05) is 0 Å². The van der Waals surface area contributed by atoms with Crippen molar-refractivity contribution in [1.29, 1.82) is 0 Å². The quantitative estimate of drug-likeness (QED) is 0.371. The van der Waals surface area contributed by atoms with Crippen molar-refractivity contribution in [2.24, 2.45) is 0 Å². The normalized spacial score (nSPS) is 14.6. The van der Waals surface area contributed by atoms with Gasteiger partial charge in [0.2, 0.25) is 5.89 Å². The molecule has 0 aliphatic carbocycles. The van der Waals surface area contributed by atoms with Gasteiger partial charge in [-0.1, -0.05) is 48.5 Å². The average molecular weight is 503 g/mol. The van der Waals surface area contributed by atoms with Crippen molar-refractivity contribution < 1.29 is 34.4 Å². The molecule has 2 atom stereocenters. The third-order valence-corrected chi connectivity index (χ3v) is 6.80. The smallest absolute Gasteiger partial charge is 0.435 e. The summed E-state index contributed by atoms with van der Waals surface area (Å²) in [7, 11) is -7.76. The van der Waals surface area contributed by atoms with Gasteiger partial charge in [0, 0.05) is 5.56 Å². The van der Waals surface area contributed by atoms with Gasteiger partial charge in [-0.05, 0) is 38.5 Å². The first kappa shape index (κ1) is 24.9. The number of aromatic nitrogens is 1. The highest BCUT2D eigenvalue weighted by Crippen LogP contribution is 2.37. The zero-order valence-corrected chi connectivity index (χ0v) is 19.4. The van der Waals surface area contributed by atoms with Crippen LogP contribution >= 0.6 is 0 Å². The van der Waals surface area contributed by atoms with Crippen molar-refractivity contribution in [3.05, 3.63) is 72.0 Å². The summed E-state index contributed by atoms with van der Waals surface area (Å²) in [6.45, 7) is 5.08. The summed E-state index contributed by atoms with van der Waals surface area (Å²) in [6, 6.07) is 15.3. The minimum atomic E-state index is -6.04. The standard InChI is InChI=1S/C21H21F3N2O5S2/c1-20(2,3)32(27)26-16(14-10-6-4-7-11-14)17-19(31-33(28,29)21(22,23)24)25-18(30-17)15-12-8-5-9-13-15/h4-13,16,26H,1-3H3. The highest BCUT2D eigenvalue weighted by Gasteiger charge is 2.50. The molecular formula is C21H21F3N2O5S2. The van der Waals surface area contributed by atoms with Crippen LogP contribution in [0.1, 0.15) is 38.1 Å². The SMILES string of the molecule is CC(C)(C)S(=O)NC(c1ccccc1)c1oc(-c2ccccc2)nc1OS(=O)(=O)C(F)(F)F. The zero-order chi connectivity index (χ0) is 24.4. The summed E-state index contributed by atoms with van der Waals surface area (Å²) >= 11 is 0. The van der Waals surface area contributed by atoms with Gasteiger partial charge in [0.1, 0.15) is 6.04 Å². The van der Waals surface area contributed by atoms with Gasteiger partial charge in [0.05, 0.1) is 15.7 Å². The lowest BCUT2D eigenvalue weighted by Crippen LogP contribution is -2.36. The topological polar surface area (TPSA) is 98.5 Å². The van der Waals surface area contributed by atoms with E-state index in [2.05, 4.69) is 13.9 Å². The molecule has 1 heterocycles. The molecule has 0 aliphatic rings. The highest BCUT2D eigenvalue weighted by molar-refractivity contribution is 7.88. The molecule has 33 heavy (non-hydrogen) atoms. The Morgan fingerprint density at radius 3 is 2.06 bits per heavy atom. The molecule has 0 aliphatic heterocycles. The number of halogens is 3. The van der Waals surface area contributed by atoms with Crippen LogP contribution in [0.5, 0.6) is 5.88 Å². The number of benzene rings is 2. The summed E-state index contributed by atoms with van der Waals surface area (Å²) in [5.41, 5.74) is -4.86. The molecule has 0 bridgehead atoms. The van der Waals surface area contributed by atoms with Crippen molar-refractivity contribution in [1.82, 2.24) is 9.71 Å². The second-order valence-corrected chi connectivity index (χ2v) is 11.4. The number of nitrogens with zero attached hydrogens (tertiary/aromatic N) is 1. The molecule has 0 saturated heterocycles. The van der Waals surface area contributed by atoms with Crippen LogP contribution in [0, 0.1) is 0 Å². The minimum absolute atomic E-state index is 0.165. The van der Waals surface area contributed by atoms with Gasteiger partial charge in [-0.3, -0.25) is 0 Å². The van der Waals surface area contributed by atoms with Crippen molar-refractivity contribution in [2.45, 2.75) is 37.1 Å². The van der Waals surface area contributed by atoms with Crippen molar-refractivity contribution >= 4 is 21.1 Å². The number of oxazole rings is 1. The molecule has 0 spiro atoms. The van der Waals surface area contributed by atoms with Gasteiger partial charge in [-0.15, -0.1) is 0 Å². The molecule has 178 valence electrons. The Morgan fingerprint density at radius 1 is 1.00 bits per heavy atom. The molecule has 7 nitrogen and oxygen atoms in total. The molecule has 0 amide bonds. The molecule has 12 heteroatoms. The van der Waals surface area contributed by atoms with Crippen LogP contribution in [0.15, 0.2) is 65.1 Å². The first-order chi connectivity index (χ1) is 15.3. The maximum atomic E-state index is 13.0. The fourth-order valence-electron chi connectivity index (χ4n) is 2.62. The van der Waals surface area contributed by atoms with E-state index in [0.717, 1.165) is 0 Å². The van der Waals surface area contributed by atoms with E-state index in [-0.39, 0.29) is 11.7 Å². The lowest BCUT2D eigenvalue weighted by Gasteiger charge is -2.23. The summed E-state index contributed by atoms with van der Waals surface area (Å²) in [5.74, 6) is -1.44. The Balaban J connectivity index is 2.19. The van der Waals surface area contributed by atoms with Gasteiger partial charge in [0.15, 0.2) is 5.76 Å². The first-order valence-corrected chi connectivity index (χ1v) is 12.2. The summed E-state index contributed by atoms with van der Waals surface area (Å²) < 4.78 is 87.6. The Hall–Kier alpha value is -2.70. The lowest BCUT2D eigenvalue weighted by atomic mass is 10.1. The molecule has 0 saturated carbocycles. The minimum Gasteiger partial charge on any atom is -0.435 e. The third-order valence-electron chi connectivity index (χ3n) is 4.29. The molecule has 1 aromatic heterocycles. The Labute approximate surface area is 191 Å². The molecule has 3 rings (SSSR count). The number of nitrogens with one attached hydrogen (secondary N) is 1. The second-order valence-electron chi connectivity index (χ2n) is 7.88. The van der Waals surface area contributed by atoms with E-state index in [1.54, 1.807) is 81.4 Å². The average Bonchev–Trinajstić information content (AvgIpc) is 3.14. The van der Waals surface area contributed by atoms with E-state index in [4.69, 9.17) is 4.42 Å². The largest absolute Gasteiger partial charge is 0.534 e. The van der Waals surface area contributed by atoms with Crippen LogP contribution in [-0.4, -0.2) is 27.9 Å². The summed E-state index contributed by atoms with van der Waals surface area (Å²) in [6.07, 6.45) is 0. The van der Waals surface area contributed by atoms with Gasteiger partial charge in [-0.25, -0.2) is 8.93 Å². The van der Waals surface area contributed by atoms with Crippen LogP contribution in [0.25, 0.3) is 11.5 Å². The number of rotatable bonds is 7. The van der Waals surface area contributed by atoms with Gasteiger partial charge >= 0.3 is 15.6 Å². The number of hydrogen-bond acceptors (Lipinski definition) is 6. The van der Waals surface area contributed by atoms with Crippen LogP contribution in [0.2, 0.25) is 0 Å². The maximum absolute atomic E-state index is 13.0. The van der Waals surface area contributed by atoms with E-state index in [1.165, 1.54) is 0 Å². The van der Waals surface area contributed by atoms with Crippen LogP contribution in [0.3, 0.4) is 0 Å². The van der Waals surface area contributed by atoms with Crippen LogP contribution < -0.4 is 8.91 Å². The Morgan fingerprint density at radius 2 is 1.55 bits per heavy atom. The summed E-state index contributed by atoms with van der Waals surface area (Å²) in [4.78, 5) is 3.89. The highest BCUT2D eigenvalue weighted by atomic mass is 32.2. The molecule has 0 radical (unpaired) electrons. The zero-order valence-electron chi connectivity index (χ0n) is 17.8. The predicted octanol–water partition coefficient (Wildman–Crippen LogP) is 4.71. The van der Waals surface area contributed by atoms with Crippen molar-refractivity contribution in [3.8, 4) is 17.3 Å². The number of alkyl halides is 3. The van der Waals surface area contributed by atoms with E-state index in [9.17, 15) is 25.8 Å². The molecule has 2 unspecified atom stereocenters. The molecule has 0 fully saturated rings. The van der Waals surface area contributed by atoms with E-state index in [0.29, 0.717) is 11.1 Å².